The van der Waals surface area contributed by atoms with Gasteiger partial charge in [0, 0.05) is 23.0 Å². The van der Waals surface area contributed by atoms with Gasteiger partial charge in [0.2, 0.25) is 5.91 Å². The lowest BCUT2D eigenvalue weighted by Gasteiger charge is -2.18. The van der Waals surface area contributed by atoms with Crippen molar-refractivity contribution >= 4 is 17.6 Å². The van der Waals surface area contributed by atoms with Gasteiger partial charge in [0.15, 0.2) is 0 Å². The van der Waals surface area contributed by atoms with E-state index in [1.165, 1.54) is 12.1 Å². The van der Waals surface area contributed by atoms with Crippen LogP contribution in [0.25, 0.3) is 11.1 Å². The van der Waals surface area contributed by atoms with Gasteiger partial charge >= 0.3 is 12.1 Å². The molecule has 1 amide bonds. The first kappa shape index (κ1) is 25.2. The van der Waals surface area contributed by atoms with Gasteiger partial charge in [0.1, 0.15) is 5.82 Å². The first-order valence-corrected chi connectivity index (χ1v) is 10.4. The molecule has 1 fully saturated rings. The summed E-state index contributed by atoms with van der Waals surface area (Å²) in [6.07, 6.45) is -8.60. The molecule has 13 heteroatoms. The van der Waals surface area contributed by atoms with E-state index in [4.69, 9.17) is 0 Å². The number of halogens is 7. The molecule has 0 aliphatic heterocycles. The number of hydrogen-bond donors (Lipinski definition) is 2. The van der Waals surface area contributed by atoms with E-state index < -0.39 is 47.6 Å². The Kier molecular flexibility index (Phi) is 6.27. The van der Waals surface area contributed by atoms with Crippen LogP contribution < -0.4 is 5.32 Å². The number of carboxylic acids is 1. The second-order valence-electron chi connectivity index (χ2n) is 8.21. The molecule has 0 spiro atoms. The zero-order valence-electron chi connectivity index (χ0n) is 18.0. The fraction of sp³-hybridized carbons (Fsp3) is 0.261. The van der Waals surface area contributed by atoms with Gasteiger partial charge in [-0.3, -0.25) is 4.79 Å². The Morgan fingerprint density at radius 1 is 1.08 bits per heavy atom. The topological polar surface area (TPSA) is 84.2 Å². The maximum atomic E-state index is 14.5. The Hall–Kier alpha value is -3.90. The highest BCUT2D eigenvalue weighted by Crippen LogP contribution is 2.50. The number of amides is 1. The smallest absolute Gasteiger partial charge is 0.416 e. The monoisotopic (exact) mass is 515 g/mol. The largest absolute Gasteiger partial charge is 0.478 e. The lowest BCUT2D eigenvalue weighted by atomic mass is 9.93. The van der Waals surface area contributed by atoms with Gasteiger partial charge < -0.3 is 10.4 Å². The lowest BCUT2D eigenvalue weighted by Crippen LogP contribution is -2.29. The minimum absolute atomic E-state index is 0.00290. The van der Waals surface area contributed by atoms with Crippen molar-refractivity contribution in [1.82, 2.24) is 9.78 Å². The standard InChI is InChI=1S/C23H16F7N3O3/c24-17-7-12(23(28,29)30)1-4-16(17)22(5-6-22)21(36)32-13-2-3-14(15(8-13)20(34)35)11-9-31-33(10-11)19(27)18(25)26/h1-4,7-10,18-19H,5-6H2,(H,32,36)(H,34,35). The fourth-order valence-corrected chi connectivity index (χ4v) is 3.85. The molecule has 36 heavy (non-hydrogen) atoms. The van der Waals surface area contributed by atoms with Gasteiger partial charge in [-0.1, -0.05) is 12.1 Å². The summed E-state index contributed by atoms with van der Waals surface area (Å²) in [6.45, 7) is 0. The van der Waals surface area contributed by atoms with Gasteiger partial charge in [-0.15, -0.1) is 0 Å². The van der Waals surface area contributed by atoms with E-state index in [9.17, 15) is 45.4 Å². The Bertz CT molecular complexity index is 1330. The minimum atomic E-state index is -4.76. The summed E-state index contributed by atoms with van der Waals surface area (Å²) in [5.74, 6) is -3.38. The van der Waals surface area contributed by atoms with Crippen LogP contribution >= 0.6 is 0 Å². The highest BCUT2D eigenvalue weighted by molar-refractivity contribution is 6.03. The number of carbonyl (C=O) groups excluding carboxylic acids is 1. The Morgan fingerprint density at radius 2 is 1.78 bits per heavy atom. The minimum Gasteiger partial charge on any atom is -0.478 e. The van der Waals surface area contributed by atoms with Crippen molar-refractivity contribution in [1.29, 1.82) is 0 Å². The number of rotatable bonds is 7. The predicted octanol–water partition coefficient (Wildman–Crippen LogP) is 5.81. The molecule has 4 rings (SSSR count). The molecule has 190 valence electrons. The number of aromatic nitrogens is 2. The summed E-state index contributed by atoms with van der Waals surface area (Å²) in [7, 11) is 0. The van der Waals surface area contributed by atoms with Crippen LogP contribution in [-0.2, 0) is 16.4 Å². The third-order valence-corrected chi connectivity index (χ3v) is 5.88. The van der Waals surface area contributed by atoms with Gasteiger partial charge in [-0.05, 0) is 42.7 Å². The molecule has 1 atom stereocenters. The molecule has 0 saturated heterocycles. The molecule has 3 aromatic rings. The van der Waals surface area contributed by atoms with Crippen molar-refractivity contribution in [3.05, 3.63) is 71.3 Å². The average molecular weight is 515 g/mol. The first-order valence-electron chi connectivity index (χ1n) is 10.4. The van der Waals surface area contributed by atoms with Crippen molar-refractivity contribution in [2.24, 2.45) is 0 Å². The second kappa shape index (κ2) is 8.95. The maximum absolute atomic E-state index is 14.5. The molecule has 0 bridgehead atoms. The van der Waals surface area contributed by atoms with E-state index in [0.29, 0.717) is 16.8 Å². The van der Waals surface area contributed by atoms with E-state index in [0.717, 1.165) is 24.5 Å². The van der Waals surface area contributed by atoms with Crippen molar-refractivity contribution < 1.29 is 45.4 Å². The van der Waals surface area contributed by atoms with Crippen LogP contribution in [-0.4, -0.2) is 33.2 Å². The number of aromatic carboxylic acids is 1. The molecule has 1 saturated carbocycles. The molecule has 1 heterocycles. The molecule has 2 N–H and O–H groups in total. The number of anilines is 1. The molecule has 1 unspecified atom stereocenters. The lowest BCUT2D eigenvalue weighted by molar-refractivity contribution is -0.137. The average Bonchev–Trinajstić information content (AvgIpc) is 3.47. The normalized spacial score (nSPS) is 15.6. The number of benzene rings is 2. The second-order valence-corrected chi connectivity index (χ2v) is 8.21. The zero-order valence-corrected chi connectivity index (χ0v) is 18.0. The number of nitrogens with zero attached hydrogens (tertiary/aromatic N) is 2. The molecular weight excluding hydrogens is 499 g/mol. The van der Waals surface area contributed by atoms with Gasteiger partial charge in [-0.2, -0.15) is 18.3 Å². The number of alkyl halides is 6. The van der Waals surface area contributed by atoms with E-state index >= 15 is 0 Å². The third kappa shape index (κ3) is 4.64. The Labute approximate surface area is 198 Å². The van der Waals surface area contributed by atoms with Crippen LogP contribution in [0.3, 0.4) is 0 Å². The molecule has 1 aromatic heterocycles. The molecule has 1 aliphatic carbocycles. The molecule has 1 aliphatic rings. The summed E-state index contributed by atoms with van der Waals surface area (Å²) < 4.78 is 92.1. The SMILES string of the molecule is O=C(O)c1cc(NC(=O)C2(c3ccc(C(F)(F)F)cc3F)CC2)ccc1-c1cnn(C(F)C(F)F)c1. The number of hydrogen-bond acceptors (Lipinski definition) is 3. The van der Waals surface area contributed by atoms with Gasteiger partial charge in [-0.25, -0.2) is 27.0 Å². The van der Waals surface area contributed by atoms with Crippen molar-refractivity contribution in [3.8, 4) is 11.1 Å². The molecule has 2 aromatic carbocycles. The number of carbonyl (C=O) groups is 2. The molecule has 0 radical (unpaired) electrons. The van der Waals surface area contributed by atoms with Gasteiger partial charge in [0.05, 0.1) is 22.7 Å². The highest BCUT2D eigenvalue weighted by atomic mass is 19.4. The van der Waals surface area contributed by atoms with E-state index in [1.807, 2.05) is 0 Å². The van der Waals surface area contributed by atoms with E-state index in [-0.39, 0.29) is 40.8 Å². The quantitative estimate of drug-likeness (QED) is 0.389. The number of nitrogens with one attached hydrogen (secondary N) is 1. The molecular formula is C23H16F7N3O3. The van der Waals surface area contributed by atoms with E-state index in [2.05, 4.69) is 10.4 Å². The fourth-order valence-electron chi connectivity index (χ4n) is 3.85. The van der Waals surface area contributed by atoms with Gasteiger partial charge in [0.25, 0.3) is 12.7 Å². The maximum Gasteiger partial charge on any atom is 0.416 e. The van der Waals surface area contributed by atoms with Crippen LogP contribution in [0, 0.1) is 5.82 Å². The molecule has 6 nitrogen and oxygen atoms in total. The number of carboxylic acid groups (broad SMARTS) is 1. The zero-order chi connectivity index (χ0) is 26.4. The van der Waals surface area contributed by atoms with Crippen molar-refractivity contribution in [2.45, 2.75) is 37.2 Å². The van der Waals surface area contributed by atoms with Crippen molar-refractivity contribution in [2.75, 3.05) is 5.32 Å². The highest BCUT2D eigenvalue weighted by Gasteiger charge is 2.53. The summed E-state index contributed by atoms with van der Waals surface area (Å²) in [6, 6.07) is 5.50. The van der Waals surface area contributed by atoms with Crippen LogP contribution in [0.4, 0.5) is 36.4 Å². The Morgan fingerprint density at radius 3 is 2.33 bits per heavy atom. The van der Waals surface area contributed by atoms with Crippen LogP contribution in [0.1, 0.15) is 40.6 Å². The van der Waals surface area contributed by atoms with Crippen LogP contribution in [0.2, 0.25) is 0 Å². The van der Waals surface area contributed by atoms with Crippen LogP contribution in [0.5, 0.6) is 0 Å². The first-order chi connectivity index (χ1) is 16.8. The third-order valence-electron chi connectivity index (χ3n) is 5.88. The summed E-state index contributed by atoms with van der Waals surface area (Å²) in [4.78, 5) is 24.7. The summed E-state index contributed by atoms with van der Waals surface area (Å²) in [5, 5.41) is 15.5. The summed E-state index contributed by atoms with van der Waals surface area (Å²) >= 11 is 0. The van der Waals surface area contributed by atoms with Crippen LogP contribution in [0.15, 0.2) is 48.8 Å². The van der Waals surface area contributed by atoms with E-state index in [1.54, 1.807) is 0 Å². The Balaban J connectivity index is 1.60. The predicted molar refractivity (Wildman–Crippen MR) is 112 cm³/mol. The summed E-state index contributed by atoms with van der Waals surface area (Å²) in [5.41, 5.74) is -3.17. The van der Waals surface area contributed by atoms with Crippen molar-refractivity contribution in [3.63, 3.8) is 0 Å².